The van der Waals surface area contributed by atoms with Crippen LogP contribution in [0.25, 0.3) is 0 Å². The van der Waals surface area contributed by atoms with E-state index in [2.05, 4.69) is 60.2 Å². The maximum absolute atomic E-state index is 3.74. The van der Waals surface area contributed by atoms with E-state index in [0.717, 1.165) is 16.3 Å². The van der Waals surface area contributed by atoms with E-state index in [1.165, 1.54) is 36.9 Å². The molecule has 0 aromatic heterocycles. The van der Waals surface area contributed by atoms with E-state index in [1.807, 2.05) is 0 Å². The van der Waals surface area contributed by atoms with E-state index in [9.17, 15) is 0 Å². The topological polar surface area (TPSA) is 12.0 Å². The van der Waals surface area contributed by atoms with Gasteiger partial charge in [0.1, 0.15) is 0 Å². The Morgan fingerprint density at radius 1 is 1.28 bits per heavy atom. The van der Waals surface area contributed by atoms with E-state index in [4.69, 9.17) is 0 Å². The molecule has 1 saturated carbocycles. The van der Waals surface area contributed by atoms with Gasteiger partial charge in [-0.05, 0) is 49.3 Å². The van der Waals surface area contributed by atoms with Crippen molar-refractivity contribution >= 4 is 21.6 Å². The van der Waals surface area contributed by atoms with Crippen molar-refractivity contribution in [1.82, 2.24) is 0 Å². The molecule has 0 amide bonds. The van der Waals surface area contributed by atoms with E-state index in [1.54, 1.807) is 0 Å². The van der Waals surface area contributed by atoms with Gasteiger partial charge in [0.2, 0.25) is 0 Å². The molecule has 18 heavy (non-hydrogen) atoms. The van der Waals surface area contributed by atoms with Crippen LogP contribution < -0.4 is 5.32 Å². The van der Waals surface area contributed by atoms with Crippen molar-refractivity contribution in [2.45, 2.75) is 52.5 Å². The summed E-state index contributed by atoms with van der Waals surface area (Å²) in [7, 11) is 0. The van der Waals surface area contributed by atoms with Gasteiger partial charge in [-0.1, -0.05) is 48.7 Å². The van der Waals surface area contributed by atoms with Gasteiger partial charge < -0.3 is 5.32 Å². The van der Waals surface area contributed by atoms with Crippen LogP contribution in [0.1, 0.15) is 45.1 Å². The summed E-state index contributed by atoms with van der Waals surface area (Å²) in [6.45, 7) is 6.90. The Morgan fingerprint density at radius 3 is 2.78 bits per heavy atom. The highest BCUT2D eigenvalue weighted by Gasteiger charge is 2.24. The van der Waals surface area contributed by atoms with Gasteiger partial charge in [0, 0.05) is 16.2 Å². The minimum atomic E-state index is 0.652. The summed E-state index contributed by atoms with van der Waals surface area (Å²) in [5, 5.41) is 3.74. The van der Waals surface area contributed by atoms with Crippen molar-refractivity contribution in [3.8, 4) is 0 Å². The number of nitrogens with one attached hydrogen (secondary N) is 1. The van der Waals surface area contributed by atoms with Gasteiger partial charge in [-0.15, -0.1) is 0 Å². The van der Waals surface area contributed by atoms with Crippen molar-refractivity contribution in [1.29, 1.82) is 0 Å². The highest BCUT2D eigenvalue weighted by molar-refractivity contribution is 9.10. The zero-order chi connectivity index (χ0) is 13.1. The molecule has 0 saturated heterocycles. The van der Waals surface area contributed by atoms with Gasteiger partial charge in [0.15, 0.2) is 0 Å². The Kier molecular flexibility index (Phi) is 4.71. The molecule has 1 aliphatic carbocycles. The SMILES string of the molecule is Cc1ccc(Br)cc1NC1CCCC(C(C)C)C1. The lowest BCUT2D eigenvalue weighted by Gasteiger charge is -2.33. The first kappa shape index (κ1) is 13.9. The molecule has 0 radical (unpaired) electrons. The smallest absolute Gasteiger partial charge is 0.0383 e. The van der Waals surface area contributed by atoms with Crippen LogP contribution in [-0.4, -0.2) is 6.04 Å². The number of benzene rings is 1. The molecular formula is C16H24BrN. The summed E-state index contributed by atoms with van der Waals surface area (Å²) in [4.78, 5) is 0. The van der Waals surface area contributed by atoms with Gasteiger partial charge in [0.25, 0.3) is 0 Å². The molecule has 1 aromatic rings. The van der Waals surface area contributed by atoms with Crippen LogP contribution in [0, 0.1) is 18.8 Å². The van der Waals surface area contributed by atoms with Crippen molar-refractivity contribution < 1.29 is 0 Å². The van der Waals surface area contributed by atoms with E-state index in [0.29, 0.717) is 6.04 Å². The molecule has 1 N–H and O–H groups in total. The Balaban J connectivity index is 2.02. The van der Waals surface area contributed by atoms with Crippen LogP contribution in [0.2, 0.25) is 0 Å². The molecule has 100 valence electrons. The Hall–Kier alpha value is -0.500. The Bertz CT molecular complexity index is 400. The molecule has 0 heterocycles. The number of aryl methyl sites for hydroxylation is 1. The highest BCUT2D eigenvalue weighted by Crippen LogP contribution is 2.32. The van der Waals surface area contributed by atoms with Crippen LogP contribution in [0.5, 0.6) is 0 Å². The summed E-state index contributed by atoms with van der Waals surface area (Å²) in [5.41, 5.74) is 2.63. The Labute approximate surface area is 119 Å². The predicted octanol–water partition coefficient (Wildman–Crippen LogP) is 5.38. The molecule has 1 nitrogen and oxygen atoms in total. The molecule has 0 aliphatic heterocycles. The molecule has 2 atom stereocenters. The third-order valence-electron chi connectivity index (χ3n) is 4.22. The van der Waals surface area contributed by atoms with Crippen molar-refractivity contribution in [2.24, 2.45) is 11.8 Å². The maximum Gasteiger partial charge on any atom is 0.0383 e. The minimum absolute atomic E-state index is 0.652. The molecular weight excluding hydrogens is 286 g/mol. The first-order chi connectivity index (χ1) is 8.56. The first-order valence-electron chi connectivity index (χ1n) is 7.09. The lowest BCUT2D eigenvalue weighted by Crippen LogP contribution is -2.29. The van der Waals surface area contributed by atoms with Crippen LogP contribution >= 0.6 is 15.9 Å². The molecule has 2 heteroatoms. The van der Waals surface area contributed by atoms with E-state index in [-0.39, 0.29) is 0 Å². The monoisotopic (exact) mass is 309 g/mol. The van der Waals surface area contributed by atoms with E-state index < -0.39 is 0 Å². The zero-order valence-electron chi connectivity index (χ0n) is 11.7. The second kappa shape index (κ2) is 6.10. The fraction of sp³-hybridized carbons (Fsp3) is 0.625. The highest BCUT2D eigenvalue weighted by atomic mass is 79.9. The molecule has 1 aromatic carbocycles. The number of anilines is 1. The van der Waals surface area contributed by atoms with Crippen LogP contribution in [0.15, 0.2) is 22.7 Å². The number of halogens is 1. The molecule has 0 spiro atoms. The third-order valence-corrected chi connectivity index (χ3v) is 4.71. The quantitative estimate of drug-likeness (QED) is 0.790. The lowest BCUT2D eigenvalue weighted by molar-refractivity contribution is 0.264. The average Bonchev–Trinajstić information content (AvgIpc) is 2.34. The van der Waals surface area contributed by atoms with Crippen LogP contribution in [0.3, 0.4) is 0 Å². The molecule has 2 unspecified atom stereocenters. The van der Waals surface area contributed by atoms with Crippen LogP contribution in [-0.2, 0) is 0 Å². The van der Waals surface area contributed by atoms with Gasteiger partial charge in [0.05, 0.1) is 0 Å². The van der Waals surface area contributed by atoms with Crippen molar-refractivity contribution in [2.75, 3.05) is 5.32 Å². The zero-order valence-corrected chi connectivity index (χ0v) is 13.3. The molecule has 2 rings (SSSR count). The predicted molar refractivity (Wildman–Crippen MR) is 83.1 cm³/mol. The van der Waals surface area contributed by atoms with Gasteiger partial charge in [-0.3, -0.25) is 0 Å². The number of hydrogen-bond acceptors (Lipinski definition) is 1. The summed E-state index contributed by atoms with van der Waals surface area (Å²) in [6.07, 6.45) is 5.42. The normalized spacial score (nSPS) is 24.3. The van der Waals surface area contributed by atoms with Gasteiger partial charge in [-0.2, -0.15) is 0 Å². The standard InChI is InChI=1S/C16H24BrN/c1-11(2)13-5-4-6-15(9-13)18-16-10-14(17)8-7-12(16)3/h7-8,10-11,13,15,18H,4-6,9H2,1-3H3. The minimum Gasteiger partial charge on any atom is -0.382 e. The largest absolute Gasteiger partial charge is 0.382 e. The third kappa shape index (κ3) is 3.50. The molecule has 1 fully saturated rings. The van der Waals surface area contributed by atoms with Crippen molar-refractivity contribution in [3.05, 3.63) is 28.2 Å². The van der Waals surface area contributed by atoms with Crippen molar-refractivity contribution in [3.63, 3.8) is 0 Å². The van der Waals surface area contributed by atoms with Gasteiger partial charge in [-0.25, -0.2) is 0 Å². The van der Waals surface area contributed by atoms with Crippen LogP contribution in [0.4, 0.5) is 5.69 Å². The van der Waals surface area contributed by atoms with E-state index >= 15 is 0 Å². The number of rotatable bonds is 3. The summed E-state index contributed by atoms with van der Waals surface area (Å²) in [6, 6.07) is 7.14. The fourth-order valence-corrected chi connectivity index (χ4v) is 3.29. The molecule has 1 aliphatic rings. The second-order valence-corrected chi connectivity index (χ2v) is 6.89. The second-order valence-electron chi connectivity index (χ2n) is 5.97. The summed E-state index contributed by atoms with van der Waals surface area (Å²) in [5.74, 6) is 1.71. The maximum atomic E-state index is 3.74. The fourth-order valence-electron chi connectivity index (χ4n) is 2.93. The summed E-state index contributed by atoms with van der Waals surface area (Å²) < 4.78 is 1.16. The van der Waals surface area contributed by atoms with Gasteiger partial charge >= 0.3 is 0 Å². The average molecular weight is 310 g/mol. The number of hydrogen-bond donors (Lipinski definition) is 1. The summed E-state index contributed by atoms with van der Waals surface area (Å²) >= 11 is 3.56. The lowest BCUT2D eigenvalue weighted by atomic mass is 9.79. The Morgan fingerprint density at radius 2 is 2.06 bits per heavy atom. The molecule has 0 bridgehead atoms. The first-order valence-corrected chi connectivity index (χ1v) is 7.88.